The Balaban J connectivity index is 1.85. The van der Waals surface area contributed by atoms with E-state index in [1.165, 1.54) is 7.11 Å². The van der Waals surface area contributed by atoms with E-state index >= 15 is 0 Å². The molecule has 3 rings (SSSR count). The van der Waals surface area contributed by atoms with Gasteiger partial charge in [0.05, 0.1) is 24.5 Å². The predicted molar refractivity (Wildman–Crippen MR) is 78.4 cm³/mol. The van der Waals surface area contributed by atoms with Gasteiger partial charge in [-0.15, -0.1) is 0 Å². The molecule has 1 amide bonds. The first kappa shape index (κ1) is 16.7. The molecule has 1 N–H and O–H groups in total. The molecule has 132 valence electrons. The number of aromatic nitrogens is 4. The highest BCUT2D eigenvalue weighted by molar-refractivity contribution is 5.80. The van der Waals surface area contributed by atoms with E-state index in [1.807, 2.05) is 0 Å². The number of amides is 1. The van der Waals surface area contributed by atoms with E-state index in [0.717, 1.165) is 0 Å². The number of fused-ring (bicyclic) bond motifs is 1. The number of benzene rings is 1. The first-order valence-electron chi connectivity index (χ1n) is 7.06. The lowest BCUT2D eigenvalue weighted by molar-refractivity contribution is -0.159. The van der Waals surface area contributed by atoms with Crippen LogP contribution in [-0.2, 0) is 17.5 Å². The topological polar surface area (TPSA) is 95.1 Å². The van der Waals surface area contributed by atoms with Gasteiger partial charge in [-0.1, -0.05) is 5.16 Å². The molecule has 0 bridgehead atoms. The fraction of sp³-hybridized carbons (Fsp3) is 0.286. The standard InChI is InChI=1S/C14H12F3N5O3/c1-24-13(23)18-4-5-22-7-19-9-3-2-8(6-10(9)22)11-20-12(25-21-11)14(15,16)17/h2-3,6-7H,4-5H2,1H3,(H,18,23). The van der Waals surface area contributed by atoms with Crippen LogP contribution in [0.4, 0.5) is 18.0 Å². The highest BCUT2D eigenvalue weighted by atomic mass is 19.4. The Morgan fingerprint density at radius 1 is 1.40 bits per heavy atom. The molecule has 11 heteroatoms. The average Bonchev–Trinajstić information content (AvgIpc) is 3.21. The number of alkyl carbamates (subject to hydrolysis) is 1. The van der Waals surface area contributed by atoms with E-state index in [0.29, 0.717) is 29.7 Å². The molecular weight excluding hydrogens is 343 g/mol. The number of carbonyl (C=O) groups excluding carboxylic acids is 1. The lowest BCUT2D eigenvalue weighted by Gasteiger charge is -2.06. The maximum absolute atomic E-state index is 12.6. The molecule has 0 saturated heterocycles. The Morgan fingerprint density at radius 3 is 2.88 bits per heavy atom. The van der Waals surface area contributed by atoms with Gasteiger partial charge >= 0.3 is 18.2 Å². The second-order valence-electron chi connectivity index (χ2n) is 4.98. The maximum Gasteiger partial charge on any atom is 0.471 e. The van der Waals surface area contributed by atoms with Gasteiger partial charge in [0.25, 0.3) is 0 Å². The monoisotopic (exact) mass is 355 g/mol. The Morgan fingerprint density at radius 2 is 2.20 bits per heavy atom. The fourth-order valence-electron chi connectivity index (χ4n) is 2.18. The molecule has 2 heterocycles. The van der Waals surface area contributed by atoms with Crippen LogP contribution < -0.4 is 5.32 Å². The number of ether oxygens (including phenoxy) is 1. The summed E-state index contributed by atoms with van der Waals surface area (Å²) in [6.45, 7) is 0.692. The number of nitrogens with one attached hydrogen (secondary N) is 1. The number of imidazole rings is 1. The summed E-state index contributed by atoms with van der Waals surface area (Å²) in [4.78, 5) is 18.6. The third-order valence-electron chi connectivity index (χ3n) is 3.36. The van der Waals surface area contributed by atoms with Gasteiger partial charge in [-0.3, -0.25) is 0 Å². The van der Waals surface area contributed by atoms with Crippen LogP contribution in [-0.4, -0.2) is 39.4 Å². The Labute approximate surface area is 138 Å². The number of hydrogen-bond acceptors (Lipinski definition) is 6. The zero-order valence-electron chi connectivity index (χ0n) is 12.9. The van der Waals surface area contributed by atoms with Gasteiger partial charge < -0.3 is 19.1 Å². The van der Waals surface area contributed by atoms with E-state index in [1.54, 1.807) is 29.1 Å². The Hall–Kier alpha value is -3.11. The summed E-state index contributed by atoms with van der Waals surface area (Å²) >= 11 is 0. The molecule has 0 fully saturated rings. The van der Waals surface area contributed by atoms with Crippen LogP contribution in [0, 0.1) is 0 Å². The van der Waals surface area contributed by atoms with Crippen molar-refractivity contribution >= 4 is 17.1 Å². The molecular formula is C14H12F3N5O3. The summed E-state index contributed by atoms with van der Waals surface area (Å²) in [7, 11) is 1.26. The van der Waals surface area contributed by atoms with Crippen molar-refractivity contribution in [1.82, 2.24) is 25.0 Å². The zero-order chi connectivity index (χ0) is 18.0. The predicted octanol–water partition coefficient (Wildman–Crippen LogP) is 2.46. The van der Waals surface area contributed by atoms with Crippen LogP contribution in [0.3, 0.4) is 0 Å². The number of alkyl halides is 3. The molecule has 0 aliphatic rings. The summed E-state index contributed by atoms with van der Waals surface area (Å²) in [5, 5.41) is 5.89. The number of carbonyl (C=O) groups is 1. The van der Waals surface area contributed by atoms with Gasteiger partial charge in [-0.25, -0.2) is 9.78 Å². The van der Waals surface area contributed by atoms with E-state index in [9.17, 15) is 18.0 Å². The molecule has 1 aromatic carbocycles. The van der Waals surface area contributed by atoms with Crippen LogP contribution in [0.25, 0.3) is 22.4 Å². The van der Waals surface area contributed by atoms with Gasteiger partial charge in [0.1, 0.15) is 0 Å². The quantitative estimate of drug-likeness (QED) is 0.772. The summed E-state index contributed by atoms with van der Waals surface area (Å²) < 4.78 is 48.1. The van der Waals surface area contributed by atoms with Crippen molar-refractivity contribution in [3.05, 3.63) is 30.4 Å². The van der Waals surface area contributed by atoms with Gasteiger partial charge in [0, 0.05) is 18.7 Å². The molecule has 0 atom stereocenters. The second kappa shape index (κ2) is 6.42. The van der Waals surface area contributed by atoms with Crippen LogP contribution in [0.2, 0.25) is 0 Å². The first-order valence-corrected chi connectivity index (χ1v) is 7.06. The van der Waals surface area contributed by atoms with Gasteiger partial charge in [0.15, 0.2) is 0 Å². The smallest absolute Gasteiger partial charge is 0.453 e. The van der Waals surface area contributed by atoms with E-state index in [2.05, 4.69) is 29.7 Å². The minimum atomic E-state index is -4.70. The maximum atomic E-state index is 12.6. The molecule has 0 unspecified atom stereocenters. The number of halogens is 3. The van der Waals surface area contributed by atoms with E-state index in [4.69, 9.17) is 0 Å². The van der Waals surface area contributed by atoms with Crippen molar-refractivity contribution in [3.63, 3.8) is 0 Å². The number of nitrogens with zero attached hydrogens (tertiary/aromatic N) is 4. The van der Waals surface area contributed by atoms with Gasteiger partial charge in [-0.2, -0.15) is 18.2 Å². The van der Waals surface area contributed by atoms with Crippen molar-refractivity contribution in [3.8, 4) is 11.4 Å². The van der Waals surface area contributed by atoms with Crippen molar-refractivity contribution in [2.45, 2.75) is 12.7 Å². The highest BCUT2D eigenvalue weighted by Gasteiger charge is 2.38. The molecule has 0 aliphatic heterocycles. The molecule has 3 aromatic rings. The molecule has 0 radical (unpaired) electrons. The minimum Gasteiger partial charge on any atom is -0.453 e. The zero-order valence-corrected chi connectivity index (χ0v) is 12.9. The van der Waals surface area contributed by atoms with Crippen LogP contribution >= 0.6 is 0 Å². The lowest BCUT2D eigenvalue weighted by atomic mass is 10.2. The first-order chi connectivity index (χ1) is 11.9. The lowest BCUT2D eigenvalue weighted by Crippen LogP contribution is -2.26. The normalized spacial score (nSPS) is 11.7. The van der Waals surface area contributed by atoms with Crippen LogP contribution in [0.1, 0.15) is 5.89 Å². The molecule has 0 saturated carbocycles. The number of hydrogen-bond donors (Lipinski definition) is 1. The molecule has 8 nitrogen and oxygen atoms in total. The number of methoxy groups -OCH3 is 1. The van der Waals surface area contributed by atoms with E-state index < -0.39 is 18.2 Å². The highest BCUT2D eigenvalue weighted by Crippen LogP contribution is 2.30. The Bertz CT molecular complexity index is 903. The summed E-state index contributed by atoms with van der Waals surface area (Å²) in [5.41, 5.74) is 1.65. The van der Waals surface area contributed by atoms with E-state index in [-0.39, 0.29) is 5.82 Å². The second-order valence-corrected chi connectivity index (χ2v) is 4.98. The minimum absolute atomic E-state index is 0.172. The van der Waals surface area contributed by atoms with Crippen LogP contribution in [0.15, 0.2) is 29.0 Å². The summed E-state index contributed by atoms with van der Waals surface area (Å²) in [6, 6.07) is 4.79. The van der Waals surface area contributed by atoms with Crippen molar-refractivity contribution in [2.24, 2.45) is 0 Å². The van der Waals surface area contributed by atoms with Crippen LogP contribution in [0.5, 0.6) is 0 Å². The Kier molecular flexibility index (Phi) is 4.30. The van der Waals surface area contributed by atoms with Gasteiger partial charge in [-0.05, 0) is 18.2 Å². The molecule has 25 heavy (non-hydrogen) atoms. The molecule has 0 aliphatic carbocycles. The van der Waals surface area contributed by atoms with Crippen molar-refractivity contribution in [1.29, 1.82) is 0 Å². The average molecular weight is 355 g/mol. The fourth-order valence-corrected chi connectivity index (χ4v) is 2.18. The van der Waals surface area contributed by atoms with Gasteiger partial charge in [0.2, 0.25) is 5.82 Å². The summed E-state index contributed by atoms with van der Waals surface area (Å²) in [6.07, 6.45) is -3.70. The third-order valence-corrected chi connectivity index (χ3v) is 3.36. The number of rotatable bonds is 4. The summed E-state index contributed by atoms with van der Waals surface area (Å²) in [5.74, 6) is -1.58. The van der Waals surface area contributed by atoms with Crippen molar-refractivity contribution < 1.29 is 27.2 Å². The van der Waals surface area contributed by atoms with Crippen molar-refractivity contribution in [2.75, 3.05) is 13.7 Å². The SMILES string of the molecule is COC(=O)NCCn1cnc2ccc(-c3noc(C(F)(F)F)n3)cc21. The largest absolute Gasteiger partial charge is 0.471 e. The third kappa shape index (κ3) is 3.54. The molecule has 2 aromatic heterocycles. The molecule has 0 spiro atoms.